The van der Waals surface area contributed by atoms with Gasteiger partial charge >= 0.3 is 0 Å². The SMILES string of the molecule is CN(C)C1CC23CCC4(O2)C(=CCC2(C)C(c5cccc6cnccc56)=CCC24)C(O)C3(F)C(O)C1O. The van der Waals surface area contributed by atoms with Crippen molar-refractivity contribution in [3.05, 3.63) is 59.9 Å². The molecule has 3 N–H and O–H groups in total. The summed E-state index contributed by atoms with van der Waals surface area (Å²) in [5.41, 5.74) is -1.87. The highest BCUT2D eigenvalue weighted by Gasteiger charge is 2.79. The summed E-state index contributed by atoms with van der Waals surface area (Å²) in [6.07, 6.45) is 6.05. The van der Waals surface area contributed by atoms with E-state index in [2.05, 4.69) is 42.2 Å². The maximum Gasteiger partial charge on any atom is 0.197 e. The lowest BCUT2D eigenvalue weighted by molar-refractivity contribution is -0.308. The Morgan fingerprint density at radius 2 is 1.92 bits per heavy atom. The molecule has 7 heteroatoms. The molecule has 9 atom stereocenters. The number of benzene rings is 1. The summed E-state index contributed by atoms with van der Waals surface area (Å²) in [7, 11) is 3.64. The average molecular weight is 507 g/mol. The van der Waals surface area contributed by atoms with Gasteiger partial charge in [0.15, 0.2) is 5.67 Å². The molecule has 9 unspecified atom stereocenters. The molecule has 196 valence electrons. The standard InChI is InChI=1S/C30H35FN2O4/c1-27-11-9-21-25(35)30(31)26(36)24(34)22(33(2)3)15-28(30)12-13-29(21,37-28)23(27)8-7-20(27)19-6-4-5-17-16-32-14-10-18(17)19/h4-7,9-10,14,16,22-26,34-36H,8,11-13,15H2,1-3H3. The molecule has 3 heterocycles. The number of aliphatic hydroxyl groups is 3. The lowest BCUT2D eigenvalue weighted by Crippen LogP contribution is -2.78. The molecule has 2 bridgehead atoms. The molecule has 2 saturated heterocycles. The van der Waals surface area contributed by atoms with Crippen LogP contribution in [0.2, 0.25) is 0 Å². The summed E-state index contributed by atoms with van der Waals surface area (Å²) in [6.45, 7) is 2.28. The first-order chi connectivity index (χ1) is 17.6. The molecule has 5 aliphatic rings. The fraction of sp³-hybridized carbons (Fsp3) is 0.567. The molecule has 3 aliphatic carbocycles. The first kappa shape index (κ1) is 23.9. The highest BCUT2D eigenvalue weighted by Crippen LogP contribution is 2.70. The first-order valence-electron chi connectivity index (χ1n) is 13.4. The van der Waals surface area contributed by atoms with Crippen molar-refractivity contribution in [2.24, 2.45) is 11.3 Å². The molecule has 2 aliphatic heterocycles. The second-order valence-corrected chi connectivity index (χ2v) is 12.4. The monoisotopic (exact) mass is 506 g/mol. The molecule has 0 amide bonds. The minimum atomic E-state index is -2.46. The van der Waals surface area contributed by atoms with Crippen LogP contribution in [0.3, 0.4) is 0 Å². The second-order valence-electron chi connectivity index (χ2n) is 12.4. The van der Waals surface area contributed by atoms with Crippen LogP contribution in [0.5, 0.6) is 0 Å². The molecule has 2 aromatic rings. The number of halogens is 1. The van der Waals surface area contributed by atoms with Crippen LogP contribution in [-0.2, 0) is 4.74 Å². The van der Waals surface area contributed by atoms with E-state index < -0.39 is 41.2 Å². The molecule has 1 saturated carbocycles. The van der Waals surface area contributed by atoms with Gasteiger partial charge in [0.25, 0.3) is 0 Å². The number of aliphatic hydroxyl groups excluding tert-OH is 3. The molecule has 3 fully saturated rings. The van der Waals surface area contributed by atoms with Crippen molar-refractivity contribution in [3.8, 4) is 0 Å². The minimum absolute atomic E-state index is 0.0347. The zero-order chi connectivity index (χ0) is 26.0. The van der Waals surface area contributed by atoms with Crippen molar-refractivity contribution in [2.75, 3.05) is 14.1 Å². The van der Waals surface area contributed by atoms with Crippen LogP contribution in [-0.4, -0.2) is 80.5 Å². The van der Waals surface area contributed by atoms with Crippen LogP contribution in [0.15, 0.2) is 54.4 Å². The summed E-state index contributed by atoms with van der Waals surface area (Å²) < 4.78 is 24.0. The third-order valence-electron chi connectivity index (χ3n) is 10.7. The van der Waals surface area contributed by atoms with Gasteiger partial charge in [-0.15, -0.1) is 0 Å². The molecular formula is C30H35FN2O4. The van der Waals surface area contributed by atoms with Gasteiger partial charge in [0.05, 0.1) is 11.7 Å². The van der Waals surface area contributed by atoms with Crippen molar-refractivity contribution in [1.29, 1.82) is 0 Å². The van der Waals surface area contributed by atoms with Crippen molar-refractivity contribution < 1.29 is 24.4 Å². The number of likely N-dealkylation sites (N-methyl/N-ethyl adjacent to an activating group) is 1. The fourth-order valence-corrected chi connectivity index (χ4v) is 8.86. The number of aromatic nitrogens is 1. The van der Waals surface area contributed by atoms with Gasteiger partial charge in [0, 0.05) is 35.2 Å². The molecule has 37 heavy (non-hydrogen) atoms. The Balaban J connectivity index is 1.35. The van der Waals surface area contributed by atoms with Gasteiger partial charge in [0.1, 0.15) is 17.8 Å². The van der Waals surface area contributed by atoms with E-state index >= 15 is 4.39 Å². The molecule has 0 radical (unpaired) electrons. The van der Waals surface area contributed by atoms with Crippen LogP contribution in [0, 0.1) is 11.3 Å². The molecule has 6 nitrogen and oxygen atoms in total. The van der Waals surface area contributed by atoms with Crippen molar-refractivity contribution in [3.63, 3.8) is 0 Å². The van der Waals surface area contributed by atoms with Gasteiger partial charge in [-0.25, -0.2) is 4.39 Å². The van der Waals surface area contributed by atoms with Crippen molar-refractivity contribution in [1.82, 2.24) is 9.88 Å². The van der Waals surface area contributed by atoms with Crippen molar-refractivity contribution >= 4 is 16.3 Å². The van der Waals surface area contributed by atoms with Gasteiger partial charge in [-0.2, -0.15) is 0 Å². The third kappa shape index (κ3) is 2.69. The highest BCUT2D eigenvalue weighted by molar-refractivity contribution is 5.95. The Bertz CT molecular complexity index is 1350. The van der Waals surface area contributed by atoms with Crippen LogP contribution in [0.4, 0.5) is 4.39 Å². The summed E-state index contributed by atoms with van der Waals surface area (Å²) in [5, 5.41) is 35.9. The largest absolute Gasteiger partial charge is 0.389 e. The van der Waals surface area contributed by atoms with Crippen LogP contribution < -0.4 is 0 Å². The Hall–Kier alpha value is -2.16. The number of nitrogens with zero attached hydrogens (tertiary/aromatic N) is 2. The van der Waals surface area contributed by atoms with Crippen molar-refractivity contribution in [2.45, 2.75) is 80.3 Å². The lowest BCUT2D eigenvalue weighted by atomic mass is 9.55. The van der Waals surface area contributed by atoms with E-state index in [1.165, 1.54) is 11.1 Å². The highest BCUT2D eigenvalue weighted by atomic mass is 19.1. The number of rotatable bonds is 2. The topological polar surface area (TPSA) is 86.1 Å². The molecule has 1 aromatic heterocycles. The zero-order valence-corrected chi connectivity index (χ0v) is 21.6. The van der Waals surface area contributed by atoms with Gasteiger partial charge in [-0.1, -0.05) is 37.3 Å². The summed E-state index contributed by atoms with van der Waals surface area (Å²) in [6, 6.07) is 7.90. The first-order valence-corrected chi connectivity index (χ1v) is 13.4. The van der Waals surface area contributed by atoms with Gasteiger partial charge in [-0.05, 0) is 74.4 Å². The second kappa shape index (κ2) is 7.48. The predicted molar refractivity (Wildman–Crippen MR) is 138 cm³/mol. The number of allylic oxidation sites excluding steroid dienone is 3. The van der Waals surface area contributed by atoms with E-state index in [-0.39, 0.29) is 17.8 Å². The molecule has 7 rings (SSSR count). The van der Waals surface area contributed by atoms with Crippen LogP contribution >= 0.6 is 0 Å². The third-order valence-corrected chi connectivity index (χ3v) is 10.7. The van der Waals surface area contributed by atoms with E-state index in [0.29, 0.717) is 24.8 Å². The Kier molecular flexibility index (Phi) is 4.84. The Morgan fingerprint density at radius 3 is 2.70 bits per heavy atom. The van der Waals surface area contributed by atoms with Gasteiger partial charge < -0.3 is 25.0 Å². The van der Waals surface area contributed by atoms with E-state index in [1.807, 2.05) is 37.5 Å². The fourth-order valence-electron chi connectivity index (χ4n) is 8.86. The van der Waals surface area contributed by atoms with E-state index in [0.717, 1.165) is 17.2 Å². The number of hydrogen-bond donors (Lipinski definition) is 3. The summed E-state index contributed by atoms with van der Waals surface area (Å²) in [4.78, 5) is 6.11. The Labute approximate surface area is 216 Å². The predicted octanol–water partition coefficient (Wildman–Crippen LogP) is 3.40. The normalized spacial score (nSPS) is 46.3. The average Bonchev–Trinajstić information content (AvgIpc) is 3.42. The number of pyridine rings is 1. The minimum Gasteiger partial charge on any atom is -0.389 e. The molecule has 1 aromatic carbocycles. The number of alkyl halides is 1. The van der Waals surface area contributed by atoms with E-state index in [4.69, 9.17) is 4.74 Å². The van der Waals surface area contributed by atoms with E-state index in [9.17, 15) is 15.3 Å². The molecular weight excluding hydrogens is 471 g/mol. The zero-order valence-electron chi connectivity index (χ0n) is 21.6. The maximum absolute atomic E-state index is 17.0. The Morgan fingerprint density at radius 1 is 1.11 bits per heavy atom. The summed E-state index contributed by atoms with van der Waals surface area (Å²) >= 11 is 0. The maximum atomic E-state index is 17.0. The van der Waals surface area contributed by atoms with Crippen LogP contribution in [0.1, 0.15) is 44.6 Å². The summed E-state index contributed by atoms with van der Waals surface area (Å²) in [5.74, 6) is 0.0347. The quantitative estimate of drug-likeness (QED) is 0.542. The number of fused-ring (bicyclic) bond motifs is 2. The number of ether oxygens (including phenoxy) is 1. The van der Waals surface area contributed by atoms with Gasteiger partial charge in [-0.3, -0.25) is 4.98 Å². The number of hydrogen-bond acceptors (Lipinski definition) is 6. The van der Waals surface area contributed by atoms with E-state index in [1.54, 1.807) is 0 Å². The lowest BCUT2D eigenvalue weighted by Gasteiger charge is -2.62. The van der Waals surface area contributed by atoms with Gasteiger partial charge in [0.2, 0.25) is 0 Å². The molecule has 2 spiro atoms. The smallest absolute Gasteiger partial charge is 0.197 e. The van der Waals surface area contributed by atoms with Crippen LogP contribution in [0.25, 0.3) is 16.3 Å².